The van der Waals surface area contributed by atoms with E-state index in [2.05, 4.69) is 25.2 Å². The maximum absolute atomic E-state index is 12.6. The molecular formula is C17H22N6O2. The molecule has 0 unspecified atom stereocenters. The van der Waals surface area contributed by atoms with E-state index in [0.717, 1.165) is 18.9 Å². The molecule has 0 radical (unpaired) electrons. The van der Waals surface area contributed by atoms with Gasteiger partial charge < -0.3 is 19.9 Å². The Labute approximate surface area is 146 Å². The number of ether oxygens (including phenoxy) is 1. The molecule has 1 aliphatic rings. The van der Waals surface area contributed by atoms with Crippen LogP contribution in [0.25, 0.3) is 0 Å². The Hall–Kier alpha value is -2.74. The van der Waals surface area contributed by atoms with Crippen molar-refractivity contribution in [2.75, 3.05) is 56.7 Å². The first-order valence-corrected chi connectivity index (χ1v) is 8.28. The number of amides is 1. The lowest BCUT2D eigenvalue weighted by Gasteiger charge is -2.35. The van der Waals surface area contributed by atoms with Crippen LogP contribution in [0.1, 0.15) is 10.4 Å². The van der Waals surface area contributed by atoms with Gasteiger partial charge in [-0.1, -0.05) is 6.07 Å². The summed E-state index contributed by atoms with van der Waals surface area (Å²) in [5, 5.41) is 3.03. The molecule has 0 saturated carbocycles. The molecule has 8 nitrogen and oxygen atoms in total. The molecule has 0 aromatic carbocycles. The fourth-order valence-corrected chi connectivity index (χ4v) is 2.66. The van der Waals surface area contributed by atoms with Gasteiger partial charge in [-0.2, -0.15) is 0 Å². The van der Waals surface area contributed by atoms with Gasteiger partial charge in [-0.3, -0.25) is 4.79 Å². The fourth-order valence-electron chi connectivity index (χ4n) is 2.66. The molecule has 2 aromatic heterocycles. The van der Waals surface area contributed by atoms with Crippen LogP contribution >= 0.6 is 0 Å². The molecule has 3 rings (SSSR count). The van der Waals surface area contributed by atoms with E-state index in [0.29, 0.717) is 37.8 Å². The zero-order valence-corrected chi connectivity index (χ0v) is 14.3. The monoisotopic (exact) mass is 342 g/mol. The van der Waals surface area contributed by atoms with Crippen LogP contribution in [-0.2, 0) is 4.74 Å². The van der Waals surface area contributed by atoms with Crippen molar-refractivity contribution in [2.24, 2.45) is 0 Å². The molecule has 2 aromatic rings. The average Bonchev–Trinajstić information content (AvgIpc) is 2.69. The van der Waals surface area contributed by atoms with E-state index in [1.54, 1.807) is 25.7 Å². The van der Waals surface area contributed by atoms with E-state index in [9.17, 15) is 4.79 Å². The topological polar surface area (TPSA) is 83.5 Å². The summed E-state index contributed by atoms with van der Waals surface area (Å²) >= 11 is 0. The zero-order valence-electron chi connectivity index (χ0n) is 14.3. The Morgan fingerprint density at radius 2 is 1.92 bits per heavy atom. The van der Waals surface area contributed by atoms with Gasteiger partial charge in [0.15, 0.2) is 0 Å². The molecule has 0 bridgehead atoms. The summed E-state index contributed by atoms with van der Waals surface area (Å²) in [5.41, 5.74) is 0.503. The fraction of sp³-hybridized carbons (Fsp3) is 0.412. The minimum absolute atomic E-state index is 0.0379. The predicted molar refractivity (Wildman–Crippen MR) is 94.8 cm³/mol. The second-order valence-electron chi connectivity index (χ2n) is 5.68. The summed E-state index contributed by atoms with van der Waals surface area (Å²) in [4.78, 5) is 29.3. The molecule has 132 valence electrons. The van der Waals surface area contributed by atoms with Crippen LogP contribution in [0, 0.1) is 0 Å². The number of nitrogens with one attached hydrogen (secondary N) is 1. The van der Waals surface area contributed by atoms with E-state index >= 15 is 0 Å². The number of carbonyl (C=O) groups is 1. The molecule has 1 saturated heterocycles. The highest BCUT2D eigenvalue weighted by Gasteiger charge is 2.23. The van der Waals surface area contributed by atoms with Crippen LogP contribution in [0.5, 0.6) is 0 Å². The third-order valence-corrected chi connectivity index (χ3v) is 4.03. The smallest absolute Gasteiger partial charge is 0.257 e. The largest absolute Gasteiger partial charge is 0.383 e. The number of hydrogen-bond donors (Lipinski definition) is 1. The zero-order chi connectivity index (χ0) is 17.5. The Morgan fingerprint density at radius 1 is 1.16 bits per heavy atom. The van der Waals surface area contributed by atoms with Gasteiger partial charge in [-0.25, -0.2) is 15.0 Å². The molecular weight excluding hydrogens is 320 g/mol. The number of piperazine rings is 1. The summed E-state index contributed by atoms with van der Waals surface area (Å²) < 4.78 is 4.96. The highest BCUT2D eigenvalue weighted by Crippen LogP contribution is 2.14. The van der Waals surface area contributed by atoms with Crippen LogP contribution in [0.4, 0.5) is 11.8 Å². The summed E-state index contributed by atoms with van der Waals surface area (Å²) in [5.74, 6) is 1.40. The van der Waals surface area contributed by atoms with Gasteiger partial charge in [-0.15, -0.1) is 0 Å². The van der Waals surface area contributed by atoms with Crippen LogP contribution in [0.3, 0.4) is 0 Å². The number of nitrogens with zero attached hydrogens (tertiary/aromatic N) is 5. The van der Waals surface area contributed by atoms with Crippen LogP contribution < -0.4 is 10.2 Å². The Bertz CT molecular complexity index is 671. The lowest BCUT2D eigenvalue weighted by atomic mass is 10.2. The van der Waals surface area contributed by atoms with Crippen LogP contribution in [-0.4, -0.2) is 72.2 Å². The summed E-state index contributed by atoms with van der Waals surface area (Å²) in [7, 11) is 1.64. The minimum Gasteiger partial charge on any atom is -0.383 e. The highest BCUT2D eigenvalue weighted by atomic mass is 16.5. The summed E-state index contributed by atoms with van der Waals surface area (Å²) in [6, 6.07) is 5.86. The average molecular weight is 342 g/mol. The standard InChI is InChI=1S/C17H22N6O2/c1-25-11-6-19-17-20-12-14(13-21-17)16(24)23-9-7-22(8-10-23)15-4-2-3-5-18-15/h2-5,12-13H,6-11H2,1H3,(H,19,20,21). The van der Waals surface area contributed by atoms with Gasteiger partial charge in [0, 0.05) is 58.4 Å². The van der Waals surface area contributed by atoms with Crippen LogP contribution in [0.2, 0.25) is 0 Å². The number of carbonyl (C=O) groups excluding carboxylic acids is 1. The number of pyridine rings is 1. The molecule has 1 aliphatic heterocycles. The number of hydrogen-bond acceptors (Lipinski definition) is 7. The molecule has 0 aliphatic carbocycles. The molecule has 0 atom stereocenters. The van der Waals surface area contributed by atoms with Crippen molar-refractivity contribution >= 4 is 17.7 Å². The molecule has 0 spiro atoms. The summed E-state index contributed by atoms with van der Waals surface area (Å²) in [6.07, 6.45) is 4.91. The predicted octanol–water partition coefficient (Wildman–Crippen LogP) is 0.892. The summed E-state index contributed by atoms with van der Waals surface area (Å²) in [6.45, 7) is 4.04. The third kappa shape index (κ3) is 4.42. The number of methoxy groups -OCH3 is 1. The first-order valence-electron chi connectivity index (χ1n) is 8.28. The van der Waals surface area contributed by atoms with E-state index in [4.69, 9.17) is 4.74 Å². The maximum Gasteiger partial charge on any atom is 0.257 e. The van der Waals surface area contributed by atoms with Gasteiger partial charge >= 0.3 is 0 Å². The van der Waals surface area contributed by atoms with Crippen molar-refractivity contribution in [3.63, 3.8) is 0 Å². The van der Waals surface area contributed by atoms with Gasteiger partial charge in [0.1, 0.15) is 5.82 Å². The van der Waals surface area contributed by atoms with Crippen LogP contribution in [0.15, 0.2) is 36.8 Å². The van der Waals surface area contributed by atoms with Crippen molar-refractivity contribution in [2.45, 2.75) is 0 Å². The lowest BCUT2D eigenvalue weighted by molar-refractivity contribution is 0.0745. The highest BCUT2D eigenvalue weighted by molar-refractivity contribution is 5.93. The van der Waals surface area contributed by atoms with E-state index in [-0.39, 0.29) is 5.91 Å². The minimum atomic E-state index is -0.0379. The normalized spacial score (nSPS) is 14.4. The Morgan fingerprint density at radius 3 is 2.56 bits per heavy atom. The molecule has 25 heavy (non-hydrogen) atoms. The van der Waals surface area contributed by atoms with Crippen molar-refractivity contribution in [1.29, 1.82) is 0 Å². The Kier molecular flexibility index (Phi) is 5.73. The molecule has 1 N–H and O–H groups in total. The third-order valence-electron chi connectivity index (χ3n) is 4.03. The molecule has 8 heteroatoms. The number of aromatic nitrogens is 3. The van der Waals surface area contributed by atoms with Gasteiger partial charge in [0.25, 0.3) is 5.91 Å². The van der Waals surface area contributed by atoms with E-state index in [1.165, 1.54) is 0 Å². The lowest BCUT2D eigenvalue weighted by Crippen LogP contribution is -2.49. The second-order valence-corrected chi connectivity index (χ2v) is 5.68. The van der Waals surface area contributed by atoms with E-state index < -0.39 is 0 Å². The first kappa shape index (κ1) is 17.1. The number of rotatable bonds is 6. The second kappa shape index (κ2) is 8.39. The van der Waals surface area contributed by atoms with Crippen molar-refractivity contribution in [3.05, 3.63) is 42.4 Å². The Balaban J connectivity index is 1.53. The molecule has 3 heterocycles. The van der Waals surface area contributed by atoms with E-state index in [1.807, 2.05) is 23.1 Å². The van der Waals surface area contributed by atoms with Gasteiger partial charge in [0.05, 0.1) is 12.2 Å². The van der Waals surface area contributed by atoms with Crippen molar-refractivity contribution < 1.29 is 9.53 Å². The molecule has 1 fully saturated rings. The quantitative estimate of drug-likeness (QED) is 0.781. The first-order chi connectivity index (χ1) is 12.3. The number of anilines is 2. The van der Waals surface area contributed by atoms with Crippen molar-refractivity contribution in [3.8, 4) is 0 Å². The molecule has 1 amide bonds. The SMILES string of the molecule is COCCNc1ncc(C(=O)N2CCN(c3ccccn3)CC2)cn1. The van der Waals surface area contributed by atoms with Gasteiger partial charge in [0.2, 0.25) is 5.95 Å². The maximum atomic E-state index is 12.6. The van der Waals surface area contributed by atoms with Gasteiger partial charge in [-0.05, 0) is 12.1 Å². The van der Waals surface area contributed by atoms with Crippen molar-refractivity contribution in [1.82, 2.24) is 19.9 Å².